The first-order valence-electron chi connectivity index (χ1n) is 17.2. The minimum atomic E-state index is -0.380. The molecule has 3 aliphatic heterocycles. The van der Waals surface area contributed by atoms with Gasteiger partial charge in [0.15, 0.2) is 5.75 Å². The fourth-order valence-corrected chi connectivity index (χ4v) is 10.0. The zero-order chi connectivity index (χ0) is 31.7. The fraction of sp³-hybridized carbons (Fsp3) is 0.156. The summed E-state index contributed by atoms with van der Waals surface area (Å²) in [7, 11) is 0. The van der Waals surface area contributed by atoms with Crippen molar-refractivity contribution in [2.24, 2.45) is 11.8 Å². The summed E-state index contributed by atoms with van der Waals surface area (Å²) in [6, 6.07) is 43.1. The predicted molar refractivity (Wildman–Crippen MR) is 194 cm³/mol. The molecule has 0 fully saturated rings. The summed E-state index contributed by atoms with van der Waals surface area (Å²) in [6.07, 6.45) is 11.8. The number of aryl methyl sites for hydroxylation is 1. The normalized spacial score (nSPS) is 26.2. The molecule has 0 N–H and O–H groups in total. The van der Waals surface area contributed by atoms with E-state index in [0.717, 1.165) is 28.6 Å². The molecule has 11 rings (SSSR count). The third-order valence-electron chi connectivity index (χ3n) is 11.8. The van der Waals surface area contributed by atoms with E-state index in [0.29, 0.717) is 5.92 Å². The van der Waals surface area contributed by atoms with Crippen LogP contribution in [0.1, 0.15) is 46.2 Å². The minimum Gasteiger partial charge on any atom is -0.457 e. The molecule has 3 aliphatic carbocycles. The van der Waals surface area contributed by atoms with Gasteiger partial charge in [0.1, 0.15) is 5.76 Å². The van der Waals surface area contributed by atoms with E-state index in [1.165, 1.54) is 50.3 Å². The van der Waals surface area contributed by atoms with Gasteiger partial charge in [0.2, 0.25) is 0 Å². The van der Waals surface area contributed by atoms with Crippen LogP contribution in [0.2, 0.25) is 0 Å². The number of benzene rings is 5. The molecule has 5 unspecified atom stereocenters. The predicted octanol–water partition coefficient (Wildman–Crippen LogP) is 10.5. The highest BCUT2D eigenvalue weighted by Crippen LogP contribution is 2.69. The molecule has 5 aromatic rings. The summed E-state index contributed by atoms with van der Waals surface area (Å²) in [5.41, 5.74) is 15.2. The molecule has 0 saturated carbocycles. The molecular weight excluding hydrogens is 585 g/mol. The number of fused-ring (bicyclic) bond motifs is 14. The Balaban J connectivity index is 1.19. The van der Waals surface area contributed by atoms with Gasteiger partial charge in [0.25, 0.3) is 0 Å². The zero-order valence-electron chi connectivity index (χ0n) is 27.0. The Hall–Kier alpha value is -5.54. The Morgan fingerprint density at radius 2 is 1.46 bits per heavy atom. The highest BCUT2D eigenvalue weighted by Gasteiger charge is 2.61. The average Bonchev–Trinajstić information content (AvgIpc) is 3.63. The van der Waals surface area contributed by atoms with Crippen LogP contribution < -0.4 is 14.5 Å². The van der Waals surface area contributed by atoms with Crippen molar-refractivity contribution < 1.29 is 4.74 Å². The summed E-state index contributed by atoms with van der Waals surface area (Å²) in [6.45, 7) is 4.51. The van der Waals surface area contributed by atoms with Gasteiger partial charge < -0.3 is 14.5 Å². The van der Waals surface area contributed by atoms with Crippen LogP contribution in [0.3, 0.4) is 0 Å². The fourth-order valence-electron chi connectivity index (χ4n) is 10.0. The summed E-state index contributed by atoms with van der Waals surface area (Å²) >= 11 is 0. The van der Waals surface area contributed by atoms with Crippen molar-refractivity contribution in [2.45, 2.75) is 31.2 Å². The maximum absolute atomic E-state index is 7.10. The van der Waals surface area contributed by atoms with Crippen LogP contribution in [0.5, 0.6) is 5.75 Å². The first-order chi connectivity index (χ1) is 23.7. The van der Waals surface area contributed by atoms with Gasteiger partial charge in [-0.15, -0.1) is 0 Å². The molecule has 0 radical (unpaired) electrons. The second-order valence-electron chi connectivity index (χ2n) is 14.1. The smallest absolute Gasteiger partial charge is 0.151 e. The van der Waals surface area contributed by atoms with Gasteiger partial charge in [-0.2, -0.15) is 0 Å². The van der Waals surface area contributed by atoms with E-state index in [4.69, 9.17) is 4.74 Å². The Morgan fingerprint density at radius 3 is 2.33 bits per heavy atom. The van der Waals surface area contributed by atoms with Crippen LogP contribution in [0.15, 0.2) is 157 Å². The van der Waals surface area contributed by atoms with Gasteiger partial charge in [-0.1, -0.05) is 122 Å². The second kappa shape index (κ2) is 9.29. The molecule has 230 valence electrons. The van der Waals surface area contributed by atoms with Crippen molar-refractivity contribution in [3.05, 3.63) is 190 Å². The van der Waals surface area contributed by atoms with Crippen LogP contribution >= 0.6 is 0 Å². The molecule has 0 saturated heterocycles. The number of ether oxygens (including phenoxy) is 1. The standard InChI is InChI=1S/C45H34N2O/c1-27-21-23-29(24-22-27)46-38-19-7-8-20-40(38)48-44-39(46)26-25-35-41(44)32-12-3-4-15-33(32)45(35)34-16-5-6-18-37(34)47-42-28(2)11-9-13-30(42)31-14-10-17-36(45)43(31)47/h3-26,28,35,41-42H,1-2H3. The number of hydrogen-bond donors (Lipinski definition) is 0. The lowest BCUT2D eigenvalue weighted by molar-refractivity contribution is 0.319. The zero-order valence-corrected chi connectivity index (χ0v) is 27.0. The van der Waals surface area contributed by atoms with Crippen molar-refractivity contribution in [1.29, 1.82) is 0 Å². The molecule has 0 aromatic heterocycles. The van der Waals surface area contributed by atoms with Crippen molar-refractivity contribution in [2.75, 3.05) is 9.80 Å². The molecular formula is C45H34N2O. The number of allylic oxidation sites excluding steroid dienone is 5. The van der Waals surface area contributed by atoms with Crippen LogP contribution in [-0.2, 0) is 5.41 Å². The number of anilines is 4. The summed E-state index contributed by atoms with van der Waals surface area (Å²) < 4.78 is 7.10. The second-order valence-corrected chi connectivity index (χ2v) is 14.1. The molecule has 0 amide bonds. The number of para-hydroxylation sites is 4. The Morgan fingerprint density at radius 1 is 0.708 bits per heavy atom. The molecule has 5 atom stereocenters. The maximum Gasteiger partial charge on any atom is 0.151 e. The molecule has 3 heterocycles. The summed E-state index contributed by atoms with van der Waals surface area (Å²) in [5.74, 6) is 2.51. The molecule has 6 aliphatic rings. The molecule has 0 bridgehead atoms. The largest absolute Gasteiger partial charge is 0.457 e. The van der Waals surface area contributed by atoms with Gasteiger partial charge in [-0.3, -0.25) is 0 Å². The van der Waals surface area contributed by atoms with E-state index < -0.39 is 0 Å². The maximum atomic E-state index is 7.10. The van der Waals surface area contributed by atoms with E-state index in [-0.39, 0.29) is 23.3 Å². The highest BCUT2D eigenvalue weighted by molar-refractivity contribution is 5.99. The average molecular weight is 619 g/mol. The Labute approximate surface area is 281 Å². The topological polar surface area (TPSA) is 15.7 Å². The molecule has 1 spiro atoms. The van der Waals surface area contributed by atoms with Gasteiger partial charge in [-0.05, 0) is 77.1 Å². The third-order valence-corrected chi connectivity index (χ3v) is 11.8. The minimum absolute atomic E-state index is 0.0430. The van der Waals surface area contributed by atoms with Crippen LogP contribution in [0.4, 0.5) is 22.7 Å². The van der Waals surface area contributed by atoms with Crippen molar-refractivity contribution in [3.63, 3.8) is 0 Å². The quantitative estimate of drug-likeness (QED) is 0.186. The lowest BCUT2D eigenvalue weighted by Gasteiger charge is -2.49. The van der Waals surface area contributed by atoms with Gasteiger partial charge >= 0.3 is 0 Å². The lowest BCUT2D eigenvalue weighted by atomic mass is 9.60. The lowest BCUT2D eigenvalue weighted by Crippen LogP contribution is -2.44. The molecule has 5 aromatic carbocycles. The molecule has 3 heteroatoms. The summed E-state index contributed by atoms with van der Waals surface area (Å²) in [4.78, 5) is 5.07. The highest BCUT2D eigenvalue weighted by atomic mass is 16.5. The van der Waals surface area contributed by atoms with Crippen molar-refractivity contribution in [3.8, 4) is 5.75 Å². The van der Waals surface area contributed by atoms with E-state index in [9.17, 15) is 0 Å². The van der Waals surface area contributed by atoms with E-state index in [2.05, 4.69) is 169 Å². The van der Waals surface area contributed by atoms with Gasteiger partial charge in [-0.25, -0.2) is 0 Å². The first kappa shape index (κ1) is 26.5. The van der Waals surface area contributed by atoms with Gasteiger partial charge in [0.05, 0.1) is 34.4 Å². The number of hydrogen-bond acceptors (Lipinski definition) is 3. The van der Waals surface area contributed by atoms with E-state index >= 15 is 0 Å². The number of nitrogens with zero attached hydrogens (tertiary/aromatic N) is 2. The molecule has 48 heavy (non-hydrogen) atoms. The van der Waals surface area contributed by atoms with Gasteiger partial charge in [0, 0.05) is 22.9 Å². The van der Waals surface area contributed by atoms with Crippen LogP contribution in [-0.4, -0.2) is 6.04 Å². The van der Waals surface area contributed by atoms with Crippen molar-refractivity contribution >= 4 is 28.3 Å². The number of rotatable bonds is 1. The monoisotopic (exact) mass is 618 g/mol. The van der Waals surface area contributed by atoms with Crippen LogP contribution in [0.25, 0.3) is 5.57 Å². The Bertz CT molecular complexity index is 2340. The van der Waals surface area contributed by atoms with Crippen molar-refractivity contribution in [1.82, 2.24) is 0 Å². The molecule has 3 nitrogen and oxygen atoms in total. The van der Waals surface area contributed by atoms with Crippen LogP contribution in [0, 0.1) is 18.8 Å². The van der Waals surface area contributed by atoms with E-state index in [1.807, 2.05) is 0 Å². The summed E-state index contributed by atoms with van der Waals surface area (Å²) in [5, 5.41) is 0. The third kappa shape index (κ3) is 3.10. The SMILES string of the molecule is Cc1ccc(N2C3=C(Oc4ccccc42)C2c4ccccc4C4(c5ccccc5N5c6c(cccc64)C4=CC=CC(C)C45)C2C=C3)cc1. The Kier molecular flexibility index (Phi) is 5.13. The van der Waals surface area contributed by atoms with E-state index in [1.54, 1.807) is 0 Å². The first-order valence-corrected chi connectivity index (χ1v) is 17.2.